The van der Waals surface area contributed by atoms with Crippen LogP contribution in [-0.4, -0.2) is 30.7 Å². The molecule has 0 radical (unpaired) electrons. The topological polar surface area (TPSA) is 72.3 Å². The number of methoxy groups -OCH3 is 1. The third-order valence-corrected chi connectivity index (χ3v) is 5.75. The zero-order valence-electron chi connectivity index (χ0n) is 14.5. The highest BCUT2D eigenvalue weighted by Gasteiger charge is 2.15. The molecule has 1 N–H and O–H groups in total. The molecule has 3 aromatic heterocycles. The predicted molar refractivity (Wildman–Crippen MR) is 105 cm³/mol. The first kappa shape index (κ1) is 16.0. The van der Waals surface area contributed by atoms with Gasteiger partial charge in [0.1, 0.15) is 5.75 Å². The van der Waals surface area contributed by atoms with Crippen molar-refractivity contribution in [2.24, 2.45) is 0 Å². The van der Waals surface area contributed by atoms with Crippen molar-refractivity contribution in [2.75, 3.05) is 7.11 Å². The molecule has 3 heterocycles. The summed E-state index contributed by atoms with van der Waals surface area (Å²) in [6, 6.07) is 17.5. The van der Waals surface area contributed by atoms with Crippen molar-refractivity contribution in [1.82, 2.24) is 19.4 Å². The minimum Gasteiger partial charge on any atom is -0.497 e. The Labute approximate surface area is 157 Å². The minimum atomic E-state index is -1.34. The van der Waals surface area contributed by atoms with E-state index in [4.69, 9.17) is 9.72 Å². The summed E-state index contributed by atoms with van der Waals surface area (Å²) in [5.74, 6) is 1.02. The van der Waals surface area contributed by atoms with Crippen LogP contribution in [0.1, 0.15) is 5.69 Å². The van der Waals surface area contributed by atoms with Crippen molar-refractivity contribution in [3.05, 3.63) is 66.5 Å². The van der Waals surface area contributed by atoms with E-state index in [2.05, 4.69) is 14.4 Å². The molecule has 7 heteroatoms. The Balaban J connectivity index is 1.56. The summed E-state index contributed by atoms with van der Waals surface area (Å²) in [7, 11) is 0.274. The van der Waals surface area contributed by atoms with E-state index in [-0.39, 0.29) is 5.75 Å². The Kier molecular flexibility index (Phi) is 3.68. The van der Waals surface area contributed by atoms with Gasteiger partial charge in [-0.15, -0.1) is 0 Å². The standard InChI is InChI=1S/C20H16N4O2S/c1-26-13-8-9-14-16(11-13)23-20(22-14)27(25)12-17-19-7-4-10-24(19)18-6-3-2-5-15(18)21-17/h2-11H,12H2,1H3,(H,22,23). The van der Waals surface area contributed by atoms with Crippen molar-refractivity contribution in [3.63, 3.8) is 0 Å². The van der Waals surface area contributed by atoms with Gasteiger partial charge in [0, 0.05) is 12.3 Å². The quantitative estimate of drug-likeness (QED) is 0.519. The molecular formula is C20H16N4O2S. The lowest BCUT2D eigenvalue weighted by Gasteiger charge is -2.07. The van der Waals surface area contributed by atoms with Gasteiger partial charge in [0.2, 0.25) is 0 Å². The van der Waals surface area contributed by atoms with Crippen LogP contribution in [0.3, 0.4) is 0 Å². The molecule has 134 valence electrons. The van der Waals surface area contributed by atoms with Crippen LogP contribution in [0.15, 0.2) is 66.0 Å². The number of aromatic amines is 1. The lowest BCUT2D eigenvalue weighted by molar-refractivity contribution is 0.415. The number of nitrogens with one attached hydrogen (secondary N) is 1. The van der Waals surface area contributed by atoms with Crippen molar-refractivity contribution in [3.8, 4) is 5.75 Å². The van der Waals surface area contributed by atoms with Gasteiger partial charge in [-0.2, -0.15) is 0 Å². The Bertz CT molecular complexity index is 1320. The number of imidazole rings is 1. The molecule has 27 heavy (non-hydrogen) atoms. The van der Waals surface area contributed by atoms with E-state index in [1.165, 1.54) is 0 Å². The third kappa shape index (κ3) is 2.67. The van der Waals surface area contributed by atoms with Crippen LogP contribution < -0.4 is 4.74 Å². The molecule has 1 atom stereocenters. The van der Waals surface area contributed by atoms with Crippen molar-refractivity contribution >= 4 is 38.4 Å². The number of ether oxygens (including phenoxy) is 1. The van der Waals surface area contributed by atoms with Gasteiger partial charge in [-0.3, -0.25) is 4.21 Å². The van der Waals surface area contributed by atoms with Crippen LogP contribution in [0.4, 0.5) is 0 Å². The number of benzene rings is 2. The second kappa shape index (κ2) is 6.21. The average molecular weight is 376 g/mol. The molecule has 6 nitrogen and oxygen atoms in total. The Morgan fingerprint density at radius 3 is 2.78 bits per heavy atom. The lowest BCUT2D eigenvalue weighted by Crippen LogP contribution is -2.04. The summed E-state index contributed by atoms with van der Waals surface area (Å²) in [6.07, 6.45) is 2.00. The molecule has 0 spiro atoms. The summed E-state index contributed by atoms with van der Waals surface area (Å²) >= 11 is 0. The zero-order valence-corrected chi connectivity index (χ0v) is 15.4. The maximum atomic E-state index is 13.0. The zero-order chi connectivity index (χ0) is 18.4. The molecule has 0 fully saturated rings. The number of nitrogens with zero attached hydrogens (tertiary/aromatic N) is 3. The number of fused-ring (bicyclic) bond motifs is 4. The van der Waals surface area contributed by atoms with Crippen molar-refractivity contribution in [1.29, 1.82) is 0 Å². The van der Waals surface area contributed by atoms with Gasteiger partial charge in [-0.05, 0) is 36.4 Å². The van der Waals surface area contributed by atoms with Gasteiger partial charge in [0.15, 0.2) is 5.16 Å². The van der Waals surface area contributed by atoms with E-state index >= 15 is 0 Å². The van der Waals surface area contributed by atoms with Crippen LogP contribution in [-0.2, 0) is 16.6 Å². The molecule has 0 aliphatic heterocycles. The molecule has 0 saturated carbocycles. The molecule has 0 bridgehead atoms. The summed E-state index contributed by atoms with van der Waals surface area (Å²) in [6.45, 7) is 0. The van der Waals surface area contributed by atoms with Gasteiger partial charge < -0.3 is 14.1 Å². The molecular weight excluding hydrogens is 360 g/mol. The summed E-state index contributed by atoms with van der Waals surface area (Å²) in [5, 5.41) is 0.443. The number of hydrogen-bond acceptors (Lipinski definition) is 4. The number of aromatic nitrogens is 4. The van der Waals surface area contributed by atoms with Gasteiger partial charge in [0.25, 0.3) is 0 Å². The fraction of sp³-hybridized carbons (Fsp3) is 0.100. The van der Waals surface area contributed by atoms with Crippen molar-refractivity contribution in [2.45, 2.75) is 10.9 Å². The molecule has 5 aromatic rings. The molecule has 5 rings (SSSR count). The monoisotopic (exact) mass is 376 g/mol. The first-order valence-corrected chi connectivity index (χ1v) is 9.81. The number of para-hydroxylation sites is 2. The third-order valence-electron chi connectivity index (χ3n) is 4.59. The second-order valence-electron chi connectivity index (χ2n) is 6.23. The molecule has 0 aliphatic carbocycles. The molecule has 0 saturated heterocycles. The highest BCUT2D eigenvalue weighted by Crippen LogP contribution is 2.23. The summed E-state index contributed by atoms with van der Waals surface area (Å²) in [5.41, 5.74) is 5.22. The average Bonchev–Trinajstić information content (AvgIpc) is 3.34. The van der Waals surface area contributed by atoms with Crippen LogP contribution in [0, 0.1) is 0 Å². The van der Waals surface area contributed by atoms with E-state index in [9.17, 15) is 4.21 Å². The van der Waals surface area contributed by atoms with E-state index in [1.807, 2.05) is 60.8 Å². The van der Waals surface area contributed by atoms with Gasteiger partial charge in [-0.25, -0.2) is 9.97 Å². The maximum absolute atomic E-state index is 13.0. The van der Waals surface area contributed by atoms with Crippen LogP contribution in [0.25, 0.3) is 27.6 Å². The van der Waals surface area contributed by atoms with Crippen LogP contribution >= 0.6 is 0 Å². The highest BCUT2D eigenvalue weighted by atomic mass is 32.2. The smallest absolute Gasteiger partial charge is 0.197 e. The first-order chi connectivity index (χ1) is 13.2. The molecule has 0 amide bonds. The maximum Gasteiger partial charge on any atom is 0.197 e. The van der Waals surface area contributed by atoms with Gasteiger partial charge in [-0.1, -0.05) is 12.1 Å². The highest BCUT2D eigenvalue weighted by molar-refractivity contribution is 7.84. The fourth-order valence-electron chi connectivity index (χ4n) is 3.29. The molecule has 1 unspecified atom stereocenters. The first-order valence-electron chi connectivity index (χ1n) is 8.50. The predicted octanol–water partition coefficient (Wildman–Crippen LogP) is 3.68. The van der Waals surface area contributed by atoms with Gasteiger partial charge >= 0.3 is 0 Å². The number of rotatable bonds is 4. The molecule has 0 aliphatic rings. The SMILES string of the molecule is COc1ccc2nc(S(=O)Cc3nc4ccccc4n4cccc34)[nH]c2c1. The minimum absolute atomic E-state index is 0.287. The normalized spacial score (nSPS) is 12.8. The van der Waals surface area contributed by atoms with E-state index in [0.29, 0.717) is 5.16 Å². The van der Waals surface area contributed by atoms with Gasteiger partial charge in [0.05, 0.1) is 56.9 Å². The Morgan fingerprint density at radius 2 is 1.89 bits per heavy atom. The number of H-pyrrole nitrogens is 1. The van der Waals surface area contributed by atoms with E-state index < -0.39 is 10.8 Å². The largest absolute Gasteiger partial charge is 0.497 e. The molecule has 2 aromatic carbocycles. The summed E-state index contributed by atoms with van der Waals surface area (Å²) < 4.78 is 20.3. The fourth-order valence-corrected chi connectivity index (χ4v) is 4.31. The van der Waals surface area contributed by atoms with Crippen LogP contribution in [0.5, 0.6) is 5.75 Å². The lowest BCUT2D eigenvalue weighted by atomic mass is 10.2. The second-order valence-corrected chi connectivity index (χ2v) is 7.59. The Hall–Kier alpha value is -3.19. The Morgan fingerprint density at radius 1 is 1.04 bits per heavy atom. The van der Waals surface area contributed by atoms with Crippen LogP contribution in [0.2, 0.25) is 0 Å². The van der Waals surface area contributed by atoms with E-state index in [0.717, 1.165) is 39.0 Å². The summed E-state index contributed by atoms with van der Waals surface area (Å²) in [4.78, 5) is 12.4. The van der Waals surface area contributed by atoms with E-state index in [1.54, 1.807) is 7.11 Å². The van der Waals surface area contributed by atoms with Crippen molar-refractivity contribution < 1.29 is 8.95 Å². The number of hydrogen-bond donors (Lipinski definition) is 1.